The number of methoxy groups -OCH3 is 2. The van der Waals surface area contributed by atoms with Gasteiger partial charge in [0.2, 0.25) is 11.8 Å². The summed E-state index contributed by atoms with van der Waals surface area (Å²) < 4.78 is 10.2. The Hall–Kier alpha value is -2.40. The number of nitrogens with two attached hydrogens (primary N) is 1. The first-order valence-electron chi connectivity index (χ1n) is 14.5. The summed E-state index contributed by atoms with van der Waals surface area (Å²) in [6.45, 7) is 4.25. The van der Waals surface area contributed by atoms with Crippen LogP contribution in [-0.4, -0.2) is 74.6 Å². The molecule has 2 aliphatic rings. The summed E-state index contributed by atoms with van der Waals surface area (Å²) in [5, 5.41) is 16.3. The smallest absolute Gasteiger partial charge is 0.407 e. The van der Waals surface area contributed by atoms with E-state index in [-0.39, 0.29) is 43.2 Å². The Balaban J connectivity index is 0.00000588. The predicted octanol–water partition coefficient (Wildman–Crippen LogP) is 3.32. The maximum absolute atomic E-state index is 13.5. The van der Waals surface area contributed by atoms with Crippen LogP contribution in [-0.2, 0) is 25.5 Å². The zero-order valence-electron chi connectivity index (χ0n) is 24.9. The lowest BCUT2D eigenvalue weighted by Crippen LogP contribution is -2.51. The van der Waals surface area contributed by atoms with Crippen molar-refractivity contribution in [3.63, 3.8) is 0 Å². The summed E-state index contributed by atoms with van der Waals surface area (Å²) in [6.07, 6.45) is 5.74. The summed E-state index contributed by atoms with van der Waals surface area (Å²) >= 11 is 0. The molecular formula is C30H49ClN4O6. The first-order valence-corrected chi connectivity index (χ1v) is 14.5. The number of carbonyl (C=O) groups is 3. The highest BCUT2D eigenvalue weighted by Gasteiger charge is 2.34. The first-order chi connectivity index (χ1) is 19.0. The lowest BCUT2D eigenvalue weighted by atomic mass is 9.80. The van der Waals surface area contributed by atoms with Crippen molar-refractivity contribution in [3.05, 3.63) is 29.8 Å². The van der Waals surface area contributed by atoms with Gasteiger partial charge in [0.1, 0.15) is 6.10 Å². The molecule has 0 saturated heterocycles. The number of carbonyl (C=O) groups excluding carboxylic acids is 3. The van der Waals surface area contributed by atoms with E-state index in [4.69, 9.17) is 15.2 Å². The number of rotatable bonds is 12. The Kier molecular flexibility index (Phi) is 13.8. The molecule has 4 atom stereocenters. The Bertz CT molecular complexity index is 1000. The molecule has 41 heavy (non-hydrogen) atoms. The number of benzene rings is 1. The third-order valence-corrected chi connectivity index (χ3v) is 8.21. The van der Waals surface area contributed by atoms with Gasteiger partial charge in [-0.1, -0.05) is 64.2 Å². The summed E-state index contributed by atoms with van der Waals surface area (Å²) in [7, 11) is 2.86. The van der Waals surface area contributed by atoms with Crippen LogP contribution in [0.1, 0.15) is 70.8 Å². The molecular weight excluding hydrogens is 548 g/mol. The average Bonchev–Trinajstić information content (AvgIpc) is 2.93. The summed E-state index contributed by atoms with van der Waals surface area (Å²) in [6, 6.07) is 6.77. The van der Waals surface area contributed by atoms with Crippen LogP contribution in [0.5, 0.6) is 0 Å². The van der Waals surface area contributed by atoms with E-state index in [1.165, 1.54) is 26.4 Å². The minimum atomic E-state index is -0.963. The Morgan fingerprint density at radius 3 is 2.49 bits per heavy atom. The van der Waals surface area contributed by atoms with Gasteiger partial charge in [-0.2, -0.15) is 0 Å². The SMILES string of the molecule is COC(=O)NC1Cc2ccccc2N(C(=O)CC(C)(C)C[C@H](N)[C@@H](O)CNC(=O)C(CC2CCCCC2)OC)C1.Cl. The summed E-state index contributed by atoms with van der Waals surface area (Å²) in [4.78, 5) is 39.8. The first kappa shape index (κ1) is 34.8. The zero-order chi connectivity index (χ0) is 29.3. The van der Waals surface area contributed by atoms with Gasteiger partial charge in [-0.15, -0.1) is 12.4 Å². The normalized spacial score (nSPS) is 19.7. The van der Waals surface area contributed by atoms with Crippen molar-refractivity contribution in [2.24, 2.45) is 17.1 Å². The quantitative estimate of drug-likeness (QED) is 0.290. The number of ether oxygens (including phenoxy) is 2. The molecule has 0 aromatic heterocycles. The van der Waals surface area contributed by atoms with Crippen LogP contribution in [0.3, 0.4) is 0 Å². The van der Waals surface area contributed by atoms with Gasteiger partial charge in [-0.05, 0) is 42.2 Å². The van der Waals surface area contributed by atoms with Gasteiger partial charge in [0, 0.05) is 38.3 Å². The van der Waals surface area contributed by atoms with Gasteiger partial charge in [-0.25, -0.2) is 4.79 Å². The topological polar surface area (TPSA) is 143 Å². The van der Waals surface area contributed by atoms with Crippen molar-refractivity contribution >= 4 is 36.0 Å². The van der Waals surface area contributed by atoms with Crippen LogP contribution < -0.4 is 21.3 Å². The standard InChI is InChI=1S/C30H48N4O6.ClH/c1-30(2,16-23(31)25(35)18-32-28(37)26(39-3)14-20-10-6-5-7-11-20)17-27(36)34-19-22(33-29(38)40-4)15-21-12-8-9-13-24(21)34;/h8-9,12-13,20,22-23,25-26,35H,5-7,10-11,14-19,31H2,1-4H3,(H,32,37)(H,33,38);1H/t22?,23-,25-,26?;/m0./s1. The highest BCUT2D eigenvalue weighted by Crippen LogP contribution is 2.33. The molecule has 10 nitrogen and oxygen atoms in total. The maximum Gasteiger partial charge on any atom is 0.407 e. The second-order valence-corrected chi connectivity index (χ2v) is 12.2. The van der Waals surface area contributed by atoms with E-state index in [9.17, 15) is 19.5 Å². The fourth-order valence-corrected chi connectivity index (χ4v) is 6.01. The number of amides is 3. The van der Waals surface area contributed by atoms with Crippen molar-refractivity contribution in [3.8, 4) is 0 Å². The van der Waals surface area contributed by atoms with Crippen molar-refractivity contribution in [2.75, 3.05) is 32.2 Å². The fourth-order valence-electron chi connectivity index (χ4n) is 6.01. The van der Waals surface area contributed by atoms with Crippen molar-refractivity contribution in [1.82, 2.24) is 10.6 Å². The highest BCUT2D eigenvalue weighted by molar-refractivity contribution is 5.95. The highest BCUT2D eigenvalue weighted by atomic mass is 35.5. The molecule has 1 heterocycles. The molecule has 11 heteroatoms. The van der Waals surface area contributed by atoms with E-state index in [0.717, 1.165) is 24.1 Å². The molecule has 2 unspecified atom stereocenters. The largest absolute Gasteiger partial charge is 0.453 e. The van der Waals surface area contributed by atoms with Crippen molar-refractivity contribution in [1.29, 1.82) is 0 Å². The number of alkyl carbamates (subject to hydrolysis) is 1. The molecule has 1 aliphatic carbocycles. The lowest BCUT2D eigenvalue weighted by Gasteiger charge is -2.37. The molecule has 1 saturated carbocycles. The number of nitrogens with zero attached hydrogens (tertiary/aromatic N) is 1. The molecule has 0 spiro atoms. The zero-order valence-corrected chi connectivity index (χ0v) is 25.7. The van der Waals surface area contributed by atoms with Gasteiger partial charge in [-0.3, -0.25) is 9.59 Å². The monoisotopic (exact) mass is 596 g/mol. The van der Waals surface area contributed by atoms with Gasteiger partial charge in [0.25, 0.3) is 0 Å². The van der Waals surface area contributed by atoms with Crippen LogP contribution >= 0.6 is 12.4 Å². The van der Waals surface area contributed by atoms with E-state index in [1.54, 1.807) is 12.0 Å². The van der Waals surface area contributed by atoms with Crippen LogP contribution in [0.4, 0.5) is 10.5 Å². The van der Waals surface area contributed by atoms with Gasteiger partial charge in [0.15, 0.2) is 0 Å². The lowest BCUT2D eigenvalue weighted by molar-refractivity contribution is -0.132. The number of fused-ring (bicyclic) bond motifs is 1. The van der Waals surface area contributed by atoms with E-state index < -0.39 is 29.8 Å². The van der Waals surface area contributed by atoms with Gasteiger partial charge < -0.3 is 35.8 Å². The van der Waals surface area contributed by atoms with Gasteiger partial charge in [0.05, 0.1) is 19.3 Å². The van der Waals surface area contributed by atoms with Crippen LogP contribution in [0.2, 0.25) is 0 Å². The second kappa shape index (κ2) is 16.3. The number of halogens is 1. The number of hydrogen-bond acceptors (Lipinski definition) is 7. The fraction of sp³-hybridized carbons (Fsp3) is 0.700. The van der Waals surface area contributed by atoms with Gasteiger partial charge >= 0.3 is 6.09 Å². The number of anilines is 1. The van der Waals surface area contributed by atoms with Crippen LogP contribution in [0.25, 0.3) is 0 Å². The Morgan fingerprint density at radius 1 is 1.15 bits per heavy atom. The Labute approximate surface area is 250 Å². The summed E-state index contributed by atoms with van der Waals surface area (Å²) in [5.74, 6) is 0.176. The van der Waals surface area contributed by atoms with Crippen LogP contribution in [0.15, 0.2) is 24.3 Å². The van der Waals surface area contributed by atoms with E-state index in [1.807, 2.05) is 38.1 Å². The molecule has 1 aliphatic heterocycles. The molecule has 1 aromatic carbocycles. The molecule has 1 aromatic rings. The number of hydrogen-bond donors (Lipinski definition) is 4. The number of aliphatic hydroxyl groups excluding tert-OH is 1. The molecule has 1 fully saturated rings. The molecule has 0 radical (unpaired) electrons. The number of aliphatic hydroxyl groups is 1. The van der Waals surface area contributed by atoms with Crippen LogP contribution in [0, 0.1) is 11.3 Å². The third-order valence-electron chi connectivity index (χ3n) is 8.21. The maximum atomic E-state index is 13.5. The number of para-hydroxylation sites is 1. The second-order valence-electron chi connectivity index (χ2n) is 12.2. The number of nitrogens with one attached hydrogen (secondary N) is 2. The molecule has 3 rings (SSSR count). The minimum Gasteiger partial charge on any atom is -0.453 e. The minimum absolute atomic E-state index is 0. The van der Waals surface area contributed by atoms with E-state index in [0.29, 0.717) is 31.7 Å². The summed E-state index contributed by atoms with van der Waals surface area (Å²) in [5.41, 5.74) is 7.64. The van der Waals surface area contributed by atoms with E-state index >= 15 is 0 Å². The predicted molar refractivity (Wildman–Crippen MR) is 161 cm³/mol. The van der Waals surface area contributed by atoms with Crippen molar-refractivity contribution < 1.29 is 29.0 Å². The Morgan fingerprint density at radius 2 is 1.83 bits per heavy atom. The third kappa shape index (κ3) is 10.4. The molecule has 0 bridgehead atoms. The van der Waals surface area contributed by atoms with Crippen molar-refractivity contribution in [2.45, 2.75) is 95.9 Å². The molecule has 232 valence electrons. The molecule has 5 N–H and O–H groups in total. The molecule has 3 amide bonds. The van der Waals surface area contributed by atoms with E-state index in [2.05, 4.69) is 10.6 Å². The average molecular weight is 597 g/mol.